The zero-order valence-electron chi connectivity index (χ0n) is 7.96. The summed E-state index contributed by atoms with van der Waals surface area (Å²) >= 11 is -0.647. The van der Waals surface area contributed by atoms with Crippen LogP contribution in [0.4, 0.5) is 0 Å². The topological polar surface area (TPSA) is 0 Å². The Kier molecular flexibility index (Phi) is 5.60. The molecule has 0 amide bonds. The molecule has 0 atom stereocenters. The van der Waals surface area contributed by atoms with Gasteiger partial charge in [0.2, 0.25) is 0 Å². The molecule has 0 N–H and O–H groups in total. The Bertz CT molecular complexity index is 314. The molecular weight excluding hydrogens is 263 g/mol. The van der Waals surface area contributed by atoms with Crippen LogP contribution < -0.4 is 0 Å². The number of hydrogen-bond donors (Lipinski definition) is 0. The number of rotatable bonds is 2. The average Bonchev–Trinajstić information content (AvgIpc) is 2.19. The van der Waals surface area contributed by atoms with Crippen molar-refractivity contribution >= 4 is 24.7 Å². The number of hydrogen-bond acceptors (Lipinski definition) is 0. The van der Waals surface area contributed by atoms with Crippen molar-refractivity contribution in [3.8, 4) is 9.86 Å². The van der Waals surface area contributed by atoms with Crippen LogP contribution in [0.3, 0.4) is 0 Å². The molecule has 0 aliphatic rings. The fourth-order valence-corrected chi connectivity index (χ4v) is 3.43. The molecule has 0 saturated heterocycles. The van der Waals surface area contributed by atoms with Gasteiger partial charge >= 0.3 is 90.2 Å². The van der Waals surface area contributed by atoms with Gasteiger partial charge in [0.15, 0.2) is 0 Å². The van der Waals surface area contributed by atoms with Gasteiger partial charge in [-0.05, 0) is 0 Å². The summed E-state index contributed by atoms with van der Waals surface area (Å²) in [5.74, 6) is 3.21. The van der Waals surface area contributed by atoms with Crippen LogP contribution in [0.1, 0.15) is 25.3 Å². The summed E-state index contributed by atoms with van der Waals surface area (Å²) in [6, 6.07) is 10.2. The summed E-state index contributed by atoms with van der Waals surface area (Å²) < 4.78 is 5.74. The Morgan fingerprint density at radius 3 is 2.77 bits per heavy atom. The van der Waals surface area contributed by atoms with Crippen molar-refractivity contribution in [2.45, 2.75) is 19.8 Å². The normalized spacial score (nSPS) is 9.62. The third-order valence-corrected chi connectivity index (χ3v) is 4.16. The van der Waals surface area contributed by atoms with Gasteiger partial charge in [0.05, 0.1) is 0 Å². The van der Waals surface area contributed by atoms with E-state index >= 15 is 0 Å². The Balaban J connectivity index is 2.49. The van der Waals surface area contributed by atoms with Crippen LogP contribution in [0.5, 0.6) is 0 Å². The minimum absolute atomic E-state index is 0.647. The molecule has 0 heterocycles. The molecule has 66 valence electrons. The van der Waals surface area contributed by atoms with Crippen molar-refractivity contribution in [2.75, 3.05) is 0 Å². The Hall–Kier alpha value is -0.551. The first-order valence-corrected chi connectivity index (χ1v) is 8.20. The van der Waals surface area contributed by atoms with Gasteiger partial charge in [0, 0.05) is 0 Å². The molecule has 0 saturated carbocycles. The van der Waals surface area contributed by atoms with Crippen molar-refractivity contribution in [1.29, 1.82) is 0 Å². The van der Waals surface area contributed by atoms with Gasteiger partial charge in [0.25, 0.3) is 0 Å². The van der Waals surface area contributed by atoms with Crippen LogP contribution in [0.2, 0.25) is 0 Å². The van der Waals surface area contributed by atoms with Crippen LogP contribution in [-0.2, 0) is 0 Å². The summed E-state index contributed by atoms with van der Waals surface area (Å²) in [6.45, 7) is 2.21. The van der Waals surface area contributed by atoms with E-state index in [9.17, 15) is 0 Å². The van der Waals surface area contributed by atoms with Crippen molar-refractivity contribution in [3.05, 3.63) is 35.9 Å². The van der Waals surface area contributed by atoms with Gasteiger partial charge in [-0.3, -0.25) is 0 Å². The zero-order chi connectivity index (χ0) is 9.36. The molecule has 0 radical (unpaired) electrons. The maximum atomic E-state index is 3.32. The summed E-state index contributed by atoms with van der Waals surface area (Å²) in [4.78, 5) is 0. The molecule has 0 nitrogen and oxygen atoms in total. The average molecular weight is 277 g/mol. The molecule has 1 rings (SSSR count). The first-order chi connectivity index (χ1) is 6.43. The van der Waals surface area contributed by atoms with E-state index in [1.807, 2.05) is 18.2 Å². The van der Waals surface area contributed by atoms with E-state index in [1.54, 1.807) is 0 Å². The fourth-order valence-electron chi connectivity index (χ4n) is 0.955. The molecule has 0 unspecified atom stereocenters. The molecule has 0 spiro atoms. The van der Waals surface area contributed by atoms with E-state index in [1.165, 1.54) is 12.8 Å². The van der Waals surface area contributed by atoms with E-state index in [4.69, 9.17) is 0 Å². The molecule has 0 fully saturated rings. The maximum absolute atomic E-state index is 3.32. The standard InChI is InChI=1S/C8H5.C4H8.Sn.H/c1-2-8-6-4-3-5-7-8;1-3-4-2;;/h3-7H;1H,3-4H2,2H3;;. The summed E-state index contributed by atoms with van der Waals surface area (Å²) in [5, 5.41) is 0. The van der Waals surface area contributed by atoms with Crippen LogP contribution in [-0.4, -0.2) is 24.7 Å². The predicted molar refractivity (Wildman–Crippen MR) is 61.4 cm³/mol. The molecule has 1 aromatic rings. The van der Waals surface area contributed by atoms with Gasteiger partial charge in [-0.25, -0.2) is 0 Å². The van der Waals surface area contributed by atoms with Crippen LogP contribution >= 0.6 is 0 Å². The van der Waals surface area contributed by atoms with Crippen LogP contribution in [0, 0.1) is 9.86 Å². The quantitative estimate of drug-likeness (QED) is 0.573. The fraction of sp³-hybridized carbons (Fsp3) is 0.250. The first-order valence-electron chi connectivity index (χ1n) is 4.65. The molecule has 0 bridgehead atoms. The second-order valence-electron chi connectivity index (χ2n) is 2.83. The van der Waals surface area contributed by atoms with Crippen LogP contribution in [0.25, 0.3) is 0 Å². The Morgan fingerprint density at radius 1 is 1.31 bits per heavy atom. The first kappa shape index (κ1) is 10.5. The zero-order valence-corrected chi connectivity index (χ0v) is 11.3. The van der Waals surface area contributed by atoms with E-state index in [-0.39, 0.29) is 0 Å². The predicted octanol–water partition coefficient (Wildman–Crippen LogP) is 2.03. The van der Waals surface area contributed by atoms with Gasteiger partial charge in [-0.1, -0.05) is 0 Å². The van der Waals surface area contributed by atoms with Crippen molar-refractivity contribution in [1.82, 2.24) is 0 Å². The SMILES string of the molecule is CCC/[CH]=[SnH]\[C]#Cc1ccccc1. The minimum atomic E-state index is -0.647. The molecule has 0 aliphatic heterocycles. The Labute approximate surface area is 90.1 Å². The van der Waals surface area contributed by atoms with Crippen molar-refractivity contribution in [3.63, 3.8) is 0 Å². The summed E-state index contributed by atoms with van der Waals surface area (Å²) in [7, 11) is 0. The van der Waals surface area contributed by atoms with E-state index in [0.29, 0.717) is 0 Å². The van der Waals surface area contributed by atoms with Gasteiger partial charge in [-0.15, -0.1) is 0 Å². The van der Waals surface area contributed by atoms with Crippen molar-refractivity contribution < 1.29 is 0 Å². The molecular formula is C12H14Sn. The third-order valence-electron chi connectivity index (χ3n) is 1.65. The molecule has 0 aromatic heterocycles. The second kappa shape index (κ2) is 6.91. The summed E-state index contributed by atoms with van der Waals surface area (Å²) in [5.41, 5.74) is 1.15. The molecule has 13 heavy (non-hydrogen) atoms. The van der Waals surface area contributed by atoms with Gasteiger partial charge in [0.1, 0.15) is 0 Å². The Morgan fingerprint density at radius 2 is 2.08 bits per heavy atom. The number of benzene rings is 1. The van der Waals surface area contributed by atoms with E-state index in [2.05, 4.69) is 32.9 Å². The van der Waals surface area contributed by atoms with Gasteiger partial charge < -0.3 is 0 Å². The van der Waals surface area contributed by atoms with Gasteiger partial charge in [-0.2, -0.15) is 0 Å². The monoisotopic (exact) mass is 278 g/mol. The van der Waals surface area contributed by atoms with E-state index < -0.39 is 20.7 Å². The second-order valence-corrected chi connectivity index (χ2v) is 5.95. The molecule has 1 heteroatoms. The molecule has 1 aromatic carbocycles. The third kappa shape index (κ3) is 4.90. The number of unbranched alkanes of at least 4 members (excludes halogenated alkanes) is 1. The summed E-state index contributed by atoms with van der Waals surface area (Å²) in [6.07, 6.45) is 2.52. The van der Waals surface area contributed by atoms with E-state index in [0.717, 1.165) is 5.56 Å². The van der Waals surface area contributed by atoms with Crippen LogP contribution in [0.15, 0.2) is 30.3 Å². The van der Waals surface area contributed by atoms with Crippen molar-refractivity contribution in [2.24, 2.45) is 0 Å². The molecule has 0 aliphatic carbocycles.